The molecule has 1 aliphatic heterocycles. The maximum Gasteiger partial charge on any atom is 0.220 e. The van der Waals surface area contributed by atoms with Gasteiger partial charge in [0.1, 0.15) is 0 Å². The summed E-state index contributed by atoms with van der Waals surface area (Å²) in [6.07, 6.45) is 4.74. The van der Waals surface area contributed by atoms with E-state index >= 15 is 0 Å². The summed E-state index contributed by atoms with van der Waals surface area (Å²) in [6.45, 7) is 7.90. The molecule has 0 radical (unpaired) electrons. The number of nitrogens with zero attached hydrogens (tertiary/aromatic N) is 2. The zero-order valence-corrected chi connectivity index (χ0v) is 20.0. The van der Waals surface area contributed by atoms with E-state index in [4.69, 9.17) is 0 Å². The van der Waals surface area contributed by atoms with E-state index in [2.05, 4.69) is 70.0 Å². The number of likely N-dealkylation sites (tertiary alicyclic amines) is 1. The van der Waals surface area contributed by atoms with E-state index in [-0.39, 0.29) is 29.9 Å². The quantitative estimate of drug-likeness (QED) is 0.206. The van der Waals surface area contributed by atoms with Gasteiger partial charge in [-0.15, -0.1) is 24.0 Å². The van der Waals surface area contributed by atoms with E-state index in [1.807, 2.05) is 0 Å². The lowest BCUT2D eigenvalue weighted by atomic mass is 10.2. The molecular weight excluding hydrogens is 477 g/mol. The zero-order valence-electron chi connectivity index (χ0n) is 17.7. The molecule has 162 valence electrons. The number of benzene rings is 1. The molecule has 1 aliphatic carbocycles. The molecule has 0 spiro atoms. The Bertz CT molecular complexity index is 650. The highest BCUT2D eigenvalue weighted by Crippen LogP contribution is 2.20. The molecule has 1 heterocycles. The third-order valence-electron chi connectivity index (χ3n) is 5.39. The van der Waals surface area contributed by atoms with Gasteiger partial charge in [0.2, 0.25) is 5.91 Å². The first-order chi connectivity index (χ1) is 13.6. The van der Waals surface area contributed by atoms with E-state index in [0.29, 0.717) is 31.1 Å². The Morgan fingerprint density at radius 2 is 1.93 bits per heavy atom. The third kappa shape index (κ3) is 8.50. The summed E-state index contributed by atoms with van der Waals surface area (Å²) in [5, 5.41) is 9.96. The molecule has 2 atom stereocenters. The molecule has 2 fully saturated rings. The van der Waals surface area contributed by atoms with Gasteiger partial charge in [0.05, 0.1) is 0 Å². The Morgan fingerprint density at radius 1 is 1.17 bits per heavy atom. The molecule has 1 aromatic rings. The lowest BCUT2D eigenvalue weighted by molar-refractivity contribution is -0.121. The van der Waals surface area contributed by atoms with E-state index < -0.39 is 0 Å². The van der Waals surface area contributed by atoms with E-state index in [1.54, 1.807) is 0 Å². The van der Waals surface area contributed by atoms with Crippen LogP contribution >= 0.6 is 24.0 Å². The predicted molar refractivity (Wildman–Crippen MR) is 130 cm³/mol. The maximum atomic E-state index is 11.8. The summed E-state index contributed by atoms with van der Waals surface area (Å²) < 4.78 is 0. The van der Waals surface area contributed by atoms with Gasteiger partial charge in [-0.3, -0.25) is 14.7 Å². The van der Waals surface area contributed by atoms with Crippen LogP contribution in [0, 0.1) is 0 Å². The highest BCUT2D eigenvalue weighted by atomic mass is 127. The van der Waals surface area contributed by atoms with Crippen molar-refractivity contribution in [2.45, 2.75) is 70.6 Å². The minimum atomic E-state index is 0. The Labute approximate surface area is 192 Å². The van der Waals surface area contributed by atoms with Gasteiger partial charge in [-0.1, -0.05) is 30.3 Å². The molecule has 7 heteroatoms. The van der Waals surface area contributed by atoms with Gasteiger partial charge in [-0.25, -0.2) is 0 Å². The van der Waals surface area contributed by atoms with Crippen molar-refractivity contribution in [3.63, 3.8) is 0 Å². The van der Waals surface area contributed by atoms with Crippen molar-refractivity contribution in [1.82, 2.24) is 20.9 Å². The number of amides is 1. The van der Waals surface area contributed by atoms with E-state index in [1.165, 1.54) is 5.56 Å². The van der Waals surface area contributed by atoms with E-state index in [0.717, 1.165) is 51.3 Å². The van der Waals surface area contributed by atoms with Crippen molar-refractivity contribution in [1.29, 1.82) is 0 Å². The number of aliphatic imine (C=N–C) groups is 1. The van der Waals surface area contributed by atoms with Gasteiger partial charge in [-0.2, -0.15) is 0 Å². The number of guanidine groups is 1. The van der Waals surface area contributed by atoms with Crippen LogP contribution in [0.3, 0.4) is 0 Å². The van der Waals surface area contributed by atoms with Crippen molar-refractivity contribution in [2.75, 3.05) is 19.6 Å². The van der Waals surface area contributed by atoms with Crippen LogP contribution in [0.15, 0.2) is 35.3 Å². The molecular formula is C22H36IN5O. The van der Waals surface area contributed by atoms with Gasteiger partial charge in [0.15, 0.2) is 5.96 Å². The number of hydrogen-bond acceptors (Lipinski definition) is 3. The number of carbonyl (C=O) groups excluding carboxylic acids is 1. The lowest BCUT2D eigenvalue weighted by Crippen LogP contribution is -2.44. The van der Waals surface area contributed by atoms with Crippen LogP contribution in [-0.2, 0) is 11.3 Å². The largest absolute Gasteiger partial charge is 0.357 e. The van der Waals surface area contributed by atoms with Crippen LogP contribution in [0.5, 0.6) is 0 Å². The molecule has 6 nitrogen and oxygen atoms in total. The molecule has 1 saturated heterocycles. The zero-order chi connectivity index (χ0) is 19.8. The molecule has 2 unspecified atom stereocenters. The molecule has 1 aromatic carbocycles. The highest BCUT2D eigenvalue weighted by Gasteiger charge is 2.29. The number of nitrogens with one attached hydrogen (secondary N) is 3. The molecule has 1 saturated carbocycles. The van der Waals surface area contributed by atoms with E-state index in [9.17, 15) is 4.79 Å². The highest BCUT2D eigenvalue weighted by molar-refractivity contribution is 14.0. The minimum Gasteiger partial charge on any atom is -0.357 e. The maximum absolute atomic E-state index is 11.8. The first kappa shape index (κ1) is 23.9. The summed E-state index contributed by atoms with van der Waals surface area (Å²) in [4.78, 5) is 19.0. The molecule has 0 aromatic heterocycles. The average molecular weight is 513 g/mol. The normalized spacial score (nSPS) is 22.1. The Balaban J connectivity index is 0.00000300. The minimum absolute atomic E-state index is 0. The number of rotatable bonds is 9. The van der Waals surface area contributed by atoms with Crippen LogP contribution in [0.1, 0.15) is 51.5 Å². The molecule has 2 aliphatic rings. The molecule has 29 heavy (non-hydrogen) atoms. The van der Waals surface area contributed by atoms with Gasteiger partial charge in [0.25, 0.3) is 0 Å². The molecule has 3 rings (SSSR count). The average Bonchev–Trinajstić information content (AvgIpc) is 3.42. The smallest absolute Gasteiger partial charge is 0.220 e. The van der Waals surface area contributed by atoms with Crippen LogP contribution < -0.4 is 16.0 Å². The number of halogens is 1. The lowest BCUT2D eigenvalue weighted by Gasteiger charge is -2.21. The van der Waals surface area contributed by atoms with Crippen LogP contribution in [-0.4, -0.2) is 54.5 Å². The monoisotopic (exact) mass is 513 g/mol. The summed E-state index contributed by atoms with van der Waals surface area (Å²) in [7, 11) is 0. The first-order valence-corrected chi connectivity index (χ1v) is 10.8. The van der Waals surface area contributed by atoms with Gasteiger partial charge < -0.3 is 16.0 Å². The van der Waals surface area contributed by atoms with Crippen molar-refractivity contribution in [3.8, 4) is 0 Å². The second-order valence-corrected chi connectivity index (χ2v) is 8.05. The summed E-state index contributed by atoms with van der Waals surface area (Å²) in [5.74, 6) is 1.03. The van der Waals surface area contributed by atoms with Gasteiger partial charge in [-0.05, 0) is 45.1 Å². The van der Waals surface area contributed by atoms with Gasteiger partial charge >= 0.3 is 0 Å². The Hall–Kier alpha value is -1.35. The molecule has 0 bridgehead atoms. The Kier molecular flexibility index (Phi) is 10.2. The standard InChI is InChI=1S/C22H35N5O.HI/c1-3-23-22(24-13-7-10-21(28)25-19-11-12-19)26-20-14-17(2)27(16-20)15-18-8-5-4-6-9-18;/h4-6,8-9,17,19-20H,3,7,10-16H2,1-2H3,(H,25,28)(H2,23,24,26);1H. The van der Waals surface area contributed by atoms with Crippen molar-refractivity contribution in [2.24, 2.45) is 4.99 Å². The molecule has 1 amide bonds. The fourth-order valence-electron chi connectivity index (χ4n) is 3.71. The number of hydrogen-bond donors (Lipinski definition) is 3. The third-order valence-corrected chi connectivity index (χ3v) is 5.39. The van der Waals surface area contributed by atoms with Crippen molar-refractivity contribution >= 4 is 35.8 Å². The fourth-order valence-corrected chi connectivity index (χ4v) is 3.71. The molecule has 3 N–H and O–H groups in total. The van der Waals surface area contributed by atoms with Gasteiger partial charge in [0, 0.05) is 50.7 Å². The summed E-state index contributed by atoms with van der Waals surface area (Å²) in [5.41, 5.74) is 1.36. The number of carbonyl (C=O) groups is 1. The second-order valence-electron chi connectivity index (χ2n) is 8.05. The van der Waals surface area contributed by atoms with Crippen LogP contribution in [0.2, 0.25) is 0 Å². The predicted octanol–water partition coefficient (Wildman–Crippen LogP) is 2.88. The van der Waals surface area contributed by atoms with Crippen LogP contribution in [0.25, 0.3) is 0 Å². The SMILES string of the molecule is CCNC(=NCCCC(=O)NC1CC1)NC1CC(C)N(Cc2ccccc2)C1.I. The first-order valence-electron chi connectivity index (χ1n) is 10.8. The summed E-state index contributed by atoms with van der Waals surface area (Å²) in [6, 6.07) is 12.0. The fraction of sp³-hybridized carbons (Fsp3) is 0.636. The second kappa shape index (κ2) is 12.4. The Morgan fingerprint density at radius 3 is 2.62 bits per heavy atom. The van der Waals surface area contributed by atoms with Crippen LogP contribution in [0.4, 0.5) is 0 Å². The summed E-state index contributed by atoms with van der Waals surface area (Å²) >= 11 is 0. The topological polar surface area (TPSA) is 68.8 Å². The van der Waals surface area contributed by atoms with Crippen molar-refractivity contribution < 1.29 is 4.79 Å². The van der Waals surface area contributed by atoms with Crippen molar-refractivity contribution in [3.05, 3.63) is 35.9 Å².